The zero-order valence-electron chi connectivity index (χ0n) is 15.7. The summed E-state index contributed by atoms with van der Waals surface area (Å²) in [6.45, 7) is 2.29. The third-order valence-corrected chi connectivity index (χ3v) is 5.05. The molecule has 146 valence electrons. The van der Waals surface area contributed by atoms with Crippen molar-refractivity contribution in [1.29, 1.82) is 0 Å². The Morgan fingerprint density at radius 1 is 1.18 bits per heavy atom. The van der Waals surface area contributed by atoms with Crippen LogP contribution in [0.15, 0.2) is 48.5 Å². The van der Waals surface area contributed by atoms with Gasteiger partial charge < -0.3 is 14.8 Å². The normalized spacial score (nSPS) is 11.0. The topological polar surface area (TPSA) is 75.4 Å². The van der Waals surface area contributed by atoms with Crippen molar-refractivity contribution in [1.82, 2.24) is 9.55 Å². The van der Waals surface area contributed by atoms with Crippen LogP contribution in [0.2, 0.25) is 5.15 Å². The molecule has 0 saturated heterocycles. The maximum absolute atomic E-state index is 11.9. The lowest BCUT2D eigenvalue weighted by atomic mass is 9.97. The minimum absolute atomic E-state index is 0.216. The molecule has 3 rings (SSSR count). The molecular formula is C22H23ClN2O3. The largest absolute Gasteiger partial charge is 0.478 e. The summed E-state index contributed by atoms with van der Waals surface area (Å²) in [5.41, 5.74) is 3.15. The van der Waals surface area contributed by atoms with E-state index in [4.69, 9.17) is 11.6 Å². The first kappa shape index (κ1) is 20.1. The fourth-order valence-corrected chi connectivity index (χ4v) is 3.55. The van der Waals surface area contributed by atoms with Crippen molar-refractivity contribution < 1.29 is 15.0 Å². The van der Waals surface area contributed by atoms with Gasteiger partial charge in [0.2, 0.25) is 0 Å². The zero-order chi connectivity index (χ0) is 20.1. The van der Waals surface area contributed by atoms with Crippen molar-refractivity contribution in [2.24, 2.45) is 0 Å². The number of nitrogens with zero attached hydrogens (tertiary/aromatic N) is 2. The Kier molecular flexibility index (Phi) is 6.49. The standard InChI is InChI=1S/C22H23ClN2O3/c1-2-3-9-20-24-21(23)19(14-26)25(20)13-15-10-11-17(18(12-15)22(27)28)16-7-5-4-6-8-16/h4-8,10-12,26H,2-3,9,13-14H2,1H3,(H,27,28). The average molecular weight is 399 g/mol. The number of unbranched alkanes of at least 4 members (excludes halogenated alkanes) is 1. The number of rotatable bonds is 8. The van der Waals surface area contributed by atoms with Crippen molar-refractivity contribution in [2.75, 3.05) is 0 Å². The third-order valence-electron chi connectivity index (χ3n) is 4.75. The molecule has 3 aromatic rings. The van der Waals surface area contributed by atoms with Gasteiger partial charge in [-0.05, 0) is 29.2 Å². The molecule has 0 spiro atoms. The van der Waals surface area contributed by atoms with E-state index in [-0.39, 0.29) is 12.2 Å². The van der Waals surface area contributed by atoms with E-state index < -0.39 is 5.97 Å². The summed E-state index contributed by atoms with van der Waals surface area (Å²) in [5, 5.41) is 19.7. The fraction of sp³-hybridized carbons (Fsp3) is 0.273. The molecule has 0 unspecified atom stereocenters. The molecule has 6 heteroatoms. The SMILES string of the molecule is CCCCc1nc(Cl)c(CO)n1Cc1ccc(-c2ccccc2)c(C(=O)O)c1. The summed E-state index contributed by atoms with van der Waals surface area (Å²) in [6, 6.07) is 14.9. The van der Waals surface area contributed by atoms with E-state index in [0.29, 0.717) is 23.0 Å². The molecule has 0 aliphatic rings. The van der Waals surface area contributed by atoms with E-state index in [0.717, 1.165) is 36.2 Å². The number of halogens is 1. The molecule has 1 aromatic heterocycles. The van der Waals surface area contributed by atoms with Crippen LogP contribution in [-0.2, 0) is 19.6 Å². The highest BCUT2D eigenvalue weighted by molar-refractivity contribution is 6.30. The van der Waals surface area contributed by atoms with Gasteiger partial charge in [0, 0.05) is 13.0 Å². The predicted octanol–water partition coefficient (Wildman–Crippen LogP) is 4.78. The first-order valence-corrected chi connectivity index (χ1v) is 9.69. The molecule has 2 aromatic carbocycles. The lowest BCUT2D eigenvalue weighted by molar-refractivity contribution is 0.0697. The van der Waals surface area contributed by atoms with Crippen molar-refractivity contribution in [3.05, 3.63) is 76.3 Å². The first-order chi connectivity index (χ1) is 13.5. The Bertz CT molecular complexity index is 967. The van der Waals surface area contributed by atoms with Crippen LogP contribution in [-0.4, -0.2) is 25.7 Å². The van der Waals surface area contributed by atoms with Crippen LogP contribution < -0.4 is 0 Å². The first-order valence-electron chi connectivity index (χ1n) is 9.31. The van der Waals surface area contributed by atoms with Gasteiger partial charge in [-0.2, -0.15) is 0 Å². The minimum Gasteiger partial charge on any atom is -0.478 e. The van der Waals surface area contributed by atoms with Gasteiger partial charge >= 0.3 is 5.97 Å². The number of aromatic carboxylic acids is 1. The van der Waals surface area contributed by atoms with Crippen LogP contribution in [0.3, 0.4) is 0 Å². The van der Waals surface area contributed by atoms with Crippen LogP contribution in [0.1, 0.15) is 47.2 Å². The molecule has 2 N–H and O–H groups in total. The molecule has 0 aliphatic carbocycles. The molecule has 0 saturated carbocycles. The van der Waals surface area contributed by atoms with Crippen LogP contribution in [0.5, 0.6) is 0 Å². The van der Waals surface area contributed by atoms with Crippen molar-refractivity contribution in [3.63, 3.8) is 0 Å². The van der Waals surface area contributed by atoms with E-state index in [1.165, 1.54) is 0 Å². The summed E-state index contributed by atoms with van der Waals surface area (Å²) in [7, 11) is 0. The Morgan fingerprint density at radius 3 is 2.57 bits per heavy atom. The Labute approximate surface area is 169 Å². The Hall–Kier alpha value is -2.63. The number of carboxylic acids is 1. The summed E-state index contributed by atoms with van der Waals surface area (Å²) in [6.07, 6.45) is 2.74. The Balaban J connectivity index is 2.00. The van der Waals surface area contributed by atoms with Crippen LogP contribution >= 0.6 is 11.6 Å². The number of carboxylic acid groups (broad SMARTS) is 1. The van der Waals surface area contributed by atoms with Crippen LogP contribution in [0.4, 0.5) is 0 Å². The van der Waals surface area contributed by atoms with E-state index in [2.05, 4.69) is 11.9 Å². The third kappa shape index (κ3) is 4.26. The lowest BCUT2D eigenvalue weighted by Crippen LogP contribution is -2.10. The van der Waals surface area contributed by atoms with Crippen molar-refractivity contribution in [3.8, 4) is 11.1 Å². The van der Waals surface area contributed by atoms with Crippen molar-refractivity contribution in [2.45, 2.75) is 39.3 Å². The molecule has 28 heavy (non-hydrogen) atoms. The zero-order valence-corrected chi connectivity index (χ0v) is 16.5. The highest BCUT2D eigenvalue weighted by atomic mass is 35.5. The quantitative estimate of drug-likeness (QED) is 0.572. The van der Waals surface area contributed by atoms with Gasteiger partial charge in [-0.3, -0.25) is 0 Å². The molecule has 0 amide bonds. The number of benzene rings is 2. The van der Waals surface area contributed by atoms with E-state index in [1.54, 1.807) is 6.07 Å². The van der Waals surface area contributed by atoms with Crippen molar-refractivity contribution >= 4 is 17.6 Å². The summed E-state index contributed by atoms with van der Waals surface area (Å²) < 4.78 is 1.89. The number of aliphatic hydroxyl groups excluding tert-OH is 1. The number of hydrogen-bond acceptors (Lipinski definition) is 3. The number of imidazole rings is 1. The van der Waals surface area contributed by atoms with Gasteiger partial charge in [0.15, 0.2) is 5.15 Å². The maximum Gasteiger partial charge on any atom is 0.336 e. The number of aliphatic hydroxyl groups is 1. The number of aryl methyl sites for hydroxylation is 1. The molecule has 0 fully saturated rings. The van der Waals surface area contributed by atoms with Gasteiger partial charge in [0.05, 0.1) is 17.9 Å². The smallest absolute Gasteiger partial charge is 0.336 e. The second kappa shape index (κ2) is 9.04. The van der Waals surface area contributed by atoms with E-state index in [9.17, 15) is 15.0 Å². The fourth-order valence-electron chi connectivity index (χ4n) is 3.29. The van der Waals surface area contributed by atoms with Gasteiger partial charge in [-0.15, -0.1) is 0 Å². The molecule has 1 heterocycles. The number of hydrogen-bond donors (Lipinski definition) is 2. The summed E-state index contributed by atoms with van der Waals surface area (Å²) in [4.78, 5) is 16.2. The van der Waals surface area contributed by atoms with Crippen LogP contribution in [0, 0.1) is 0 Å². The number of carbonyl (C=O) groups is 1. The molecule has 0 atom stereocenters. The van der Waals surface area contributed by atoms with Crippen LogP contribution in [0.25, 0.3) is 11.1 Å². The second-order valence-corrected chi connectivity index (χ2v) is 7.02. The van der Waals surface area contributed by atoms with Gasteiger partial charge in [0.1, 0.15) is 5.82 Å². The molecule has 0 aliphatic heterocycles. The minimum atomic E-state index is -0.974. The number of aromatic nitrogens is 2. The lowest BCUT2D eigenvalue weighted by Gasteiger charge is -2.13. The van der Waals surface area contributed by atoms with Gasteiger partial charge in [0.25, 0.3) is 0 Å². The molecule has 5 nitrogen and oxygen atoms in total. The monoisotopic (exact) mass is 398 g/mol. The van der Waals surface area contributed by atoms with E-state index >= 15 is 0 Å². The van der Waals surface area contributed by atoms with E-state index in [1.807, 2.05) is 47.0 Å². The maximum atomic E-state index is 11.9. The summed E-state index contributed by atoms with van der Waals surface area (Å²) >= 11 is 6.20. The highest BCUT2D eigenvalue weighted by Crippen LogP contribution is 2.26. The Morgan fingerprint density at radius 2 is 1.93 bits per heavy atom. The predicted molar refractivity (Wildman–Crippen MR) is 110 cm³/mol. The summed E-state index contributed by atoms with van der Waals surface area (Å²) in [5.74, 6) is -0.169. The molecule has 0 bridgehead atoms. The molecular weight excluding hydrogens is 376 g/mol. The van der Waals surface area contributed by atoms with Gasteiger partial charge in [-0.25, -0.2) is 9.78 Å². The highest BCUT2D eigenvalue weighted by Gasteiger charge is 2.17. The molecule has 0 radical (unpaired) electrons. The van der Waals surface area contributed by atoms with Gasteiger partial charge in [-0.1, -0.05) is 67.4 Å². The average Bonchev–Trinajstić information content (AvgIpc) is 3.01. The second-order valence-electron chi connectivity index (χ2n) is 6.66.